The average Bonchev–Trinajstić information content (AvgIpc) is 2.01. The van der Waals surface area contributed by atoms with Crippen LogP contribution in [0.15, 0.2) is 0 Å². The van der Waals surface area contributed by atoms with Gasteiger partial charge in [-0.25, -0.2) is 13.1 Å². The van der Waals surface area contributed by atoms with Gasteiger partial charge in [0, 0.05) is 12.6 Å². The van der Waals surface area contributed by atoms with Gasteiger partial charge in [-0.3, -0.25) is 0 Å². The minimum atomic E-state index is -3.16. The van der Waals surface area contributed by atoms with Crippen LogP contribution in [0.3, 0.4) is 0 Å². The SMILES string of the molecule is CCC(C)C(C)NS(=O)(=O)CCN. The molecule has 5 heteroatoms. The lowest BCUT2D eigenvalue weighted by atomic mass is 10.0. The molecule has 0 heterocycles. The maximum atomic E-state index is 11.3. The van der Waals surface area contributed by atoms with Gasteiger partial charge in [-0.2, -0.15) is 0 Å². The molecule has 0 aliphatic heterocycles. The molecule has 4 nitrogen and oxygen atoms in total. The molecule has 0 spiro atoms. The summed E-state index contributed by atoms with van der Waals surface area (Å²) in [5.41, 5.74) is 5.18. The molecule has 2 unspecified atom stereocenters. The lowest BCUT2D eigenvalue weighted by molar-refractivity contribution is 0.434. The molecular formula is C8H20N2O2S. The largest absolute Gasteiger partial charge is 0.329 e. The zero-order chi connectivity index (χ0) is 10.5. The highest BCUT2D eigenvalue weighted by Gasteiger charge is 2.17. The van der Waals surface area contributed by atoms with Gasteiger partial charge < -0.3 is 5.73 Å². The van der Waals surface area contributed by atoms with Crippen LogP contribution < -0.4 is 10.5 Å². The molecule has 0 amide bonds. The van der Waals surface area contributed by atoms with E-state index in [-0.39, 0.29) is 18.3 Å². The Morgan fingerprint density at radius 2 is 1.92 bits per heavy atom. The number of sulfonamides is 1. The second kappa shape index (κ2) is 5.57. The van der Waals surface area contributed by atoms with Crippen LogP contribution in [0.1, 0.15) is 27.2 Å². The first-order chi connectivity index (χ1) is 5.93. The minimum Gasteiger partial charge on any atom is -0.329 e. The third kappa shape index (κ3) is 5.23. The van der Waals surface area contributed by atoms with E-state index in [1.54, 1.807) is 0 Å². The Bertz CT molecular complexity index is 226. The van der Waals surface area contributed by atoms with Crippen LogP contribution in [0.4, 0.5) is 0 Å². The van der Waals surface area contributed by atoms with Crippen LogP contribution >= 0.6 is 0 Å². The first-order valence-corrected chi connectivity index (χ1v) is 6.28. The van der Waals surface area contributed by atoms with Crippen molar-refractivity contribution in [1.29, 1.82) is 0 Å². The average molecular weight is 208 g/mol. The van der Waals surface area contributed by atoms with Gasteiger partial charge in [0.05, 0.1) is 5.75 Å². The van der Waals surface area contributed by atoms with Crippen LogP contribution in [0.2, 0.25) is 0 Å². The number of rotatable bonds is 6. The van der Waals surface area contributed by atoms with Crippen molar-refractivity contribution in [2.24, 2.45) is 11.7 Å². The predicted molar refractivity (Wildman–Crippen MR) is 54.9 cm³/mol. The lowest BCUT2D eigenvalue weighted by Crippen LogP contribution is -2.39. The molecule has 0 aromatic carbocycles. The van der Waals surface area contributed by atoms with Crippen LogP contribution in [-0.4, -0.2) is 26.8 Å². The molecular weight excluding hydrogens is 188 g/mol. The molecule has 13 heavy (non-hydrogen) atoms. The minimum absolute atomic E-state index is 0.00771. The van der Waals surface area contributed by atoms with Crippen molar-refractivity contribution in [2.75, 3.05) is 12.3 Å². The van der Waals surface area contributed by atoms with E-state index in [1.165, 1.54) is 0 Å². The summed E-state index contributed by atoms with van der Waals surface area (Å²) >= 11 is 0. The summed E-state index contributed by atoms with van der Waals surface area (Å²) in [7, 11) is -3.16. The maximum absolute atomic E-state index is 11.3. The summed E-state index contributed by atoms with van der Waals surface area (Å²) in [6, 6.07) is -0.0125. The normalized spacial score (nSPS) is 16.9. The number of nitrogens with two attached hydrogens (primary N) is 1. The molecule has 0 aromatic rings. The molecule has 80 valence electrons. The van der Waals surface area contributed by atoms with Crippen molar-refractivity contribution in [1.82, 2.24) is 4.72 Å². The molecule has 0 radical (unpaired) electrons. The van der Waals surface area contributed by atoms with Crippen molar-refractivity contribution in [2.45, 2.75) is 33.2 Å². The van der Waals surface area contributed by atoms with Crippen LogP contribution in [-0.2, 0) is 10.0 Å². The Morgan fingerprint density at radius 3 is 2.31 bits per heavy atom. The molecule has 2 atom stereocenters. The standard InChI is InChI=1S/C8H20N2O2S/c1-4-7(2)8(3)10-13(11,12)6-5-9/h7-8,10H,4-6,9H2,1-3H3. The third-order valence-electron chi connectivity index (χ3n) is 2.25. The van der Waals surface area contributed by atoms with Gasteiger partial charge >= 0.3 is 0 Å². The van der Waals surface area contributed by atoms with E-state index in [9.17, 15) is 8.42 Å². The molecule has 0 rings (SSSR count). The molecule has 0 aromatic heterocycles. The molecule has 3 N–H and O–H groups in total. The summed E-state index contributed by atoms with van der Waals surface area (Å²) in [5.74, 6) is 0.362. The van der Waals surface area contributed by atoms with Crippen molar-refractivity contribution < 1.29 is 8.42 Å². The van der Waals surface area contributed by atoms with Crippen molar-refractivity contribution in [3.8, 4) is 0 Å². The van der Waals surface area contributed by atoms with E-state index >= 15 is 0 Å². The second-order valence-corrected chi connectivity index (χ2v) is 5.27. The van der Waals surface area contributed by atoms with Gasteiger partial charge in [0.1, 0.15) is 0 Å². The van der Waals surface area contributed by atoms with Crippen LogP contribution in [0.5, 0.6) is 0 Å². The Hall–Kier alpha value is -0.130. The molecule has 0 aliphatic rings. The van der Waals surface area contributed by atoms with E-state index in [1.807, 2.05) is 20.8 Å². The van der Waals surface area contributed by atoms with Crippen LogP contribution in [0.25, 0.3) is 0 Å². The van der Waals surface area contributed by atoms with E-state index in [0.29, 0.717) is 5.92 Å². The molecule has 0 aliphatic carbocycles. The highest BCUT2D eigenvalue weighted by molar-refractivity contribution is 7.89. The summed E-state index contributed by atoms with van der Waals surface area (Å²) in [4.78, 5) is 0. The fraction of sp³-hybridized carbons (Fsp3) is 1.00. The van der Waals surface area contributed by atoms with Gasteiger partial charge in [-0.1, -0.05) is 20.3 Å². The first-order valence-electron chi connectivity index (χ1n) is 4.63. The third-order valence-corrected chi connectivity index (χ3v) is 3.75. The van der Waals surface area contributed by atoms with E-state index < -0.39 is 10.0 Å². The number of hydrogen-bond donors (Lipinski definition) is 2. The molecule has 0 saturated heterocycles. The highest BCUT2D eigenvalue weighted by atomic mass is 32.2. The monoisotopic (exact) mass is 208 g/mol. The van der Waals surface area contributed by atoms with Crippen molar-refractivity contribution in [3.05, 3.63) is 0 Å². The molecule has 0 bridgehead atoms. The van der Waals surface area contributed by atoms with Gasteiger partial charge in [-0.05, 0) is 12.8 Å². The van der Waals surface area contributed by atoms with Crippen molar-refractivity contribution in [3.63, 3.8) is 0 Å². The van der Waals surface area contributed by atoms with Gasteiger partial charge in [-0.15, -0.1) is 0 Å². The number of hydrogen-bond acceptors (Lipinski definition) is 3. The topological polar surface area (TPSA) is 72.2 Å². The van der Waals surface area contributed by atoms with Gasteiger partial charge in [0.15, 0.2) is 0 Å². The van der Waals surface area contributed by atoms with E-state index in [0.717, 1.165) is 6.42 Å². The summed E-state index contributed by atoms with van der Waals surface area (Å²) < 4.78 is 25.1. The van der Waals surface area contributed by atoms with E-state index in [2.05, 4.69) is 4.72 Å². The molecule has 0 fully saturated rings. The smallest absolute Gasteiger partial charge is 0.213 e. The maximum Gasteiger partial charge on any atom is 0.213 e. The van der Waals surface area contributed by atoms with Gasteiger partial charge in [0.25, 0.3) is 0 Å². The molecule has 0 saturated carbocycles. The quantitative estimate of drug-likeness (QED) is 0.659. The Balaban J connectivity index is 4.11. The summed E-state index contributed by atoms with van der Waals surface area (Å²) in [6.45, 7) is 6.11. The van der Waals surface area contributed by atoms with E-state index in [4.69, 9.17) is 5.73 Å². The zero-order valence-corrected chi connectivity index (χ0v) is 9.39. The zero-order valence-electron chi connectivity index (χ0n) is 8.58. The lowest BCUT2D eigenvalue weighted by Gasteiger charge is -2.19. The Morgan fingerprint density at radius 1 is 1.38 bits per heavy atom. The Labute approximate surface area is 80.9 Å². The van der Waals surface area contributed by atoms with Crippen molar-refractivity contribution >= 4 is 10.0 Å². The Kier molecular flexibility index (Phi) is 5.51. The highest BCUT2D eigenvalue weighted by Crippen LogP contribution is 2.07. The van der Waals surface area contributed by atoms with Gasteiger partial charge in [0.2, 0.25) is 10.0 Å². The fourth-order valence-corrected chi connectivity index (χ4v) is 2.19. The fourth-order valence-electron chi connectivity index (χ4n) is 0.967. The number of nitrogens with one attached hydrogen (secondary N) is 1. The second-order valence-electron chi connectivity index (χ2n) is 3.40. The van der Waals surface area contributed by atoms with Crippen LogP contribution in [0, 0.1) is 5.92 Å². The first kappa shape index (κ1) is 12.9. The predicted octanol–water partition coefficient (Wildman–Crippen LogP) is 0.299. The summed E-state index contributed by atoms with van der Waals surface area (Å²) in [5, 5.41) is 0. The summed E-state index contributed by atoms with van der Waals surface area (Å²) in [6.07, 6.45) is 0.965.